The summed E-state index contributed by atoms with van der Waals surface area (Å²) in [6, 6.07) is 3.14. The van der Waals surface area contributed by atoms with Crippen molar-refractivity contribution in [3.63, 3.8) is 0 Å². The monoisotopic (exact) mass is 420 g/mol. The summed E-state index contributed by atoms with van der Waals surface area (Å²) in [6.45, 7) is 3.56. The van der Waals surface area contributed by atoms with E-state index >= 15 is 0 Å². The molecule has 4 nitrogen and oxygen atoms in total. The Morgan fingerprint density at radius 3 is 2.52 bits per heavy atom. The minimum absolute atomic E-state index is 0.152. The highest BCUT2D eigenvalue weighted by Gasteiger charge is 2.39. The molecular weight excluding hydrogens is 404 g/mol. The van der Waals surface area contributed by atoms with Crippen LogP contribution >= 0.6 is 11.3 Å². The van der Waals surface area contributed by atoms with Crippen molar-refractivity contribution in [1.82, 2.24) is 14.8 Å². The number of benzene rings is 1. The Morgan fingerprint density at radius 2 is 1.83 bits per heavy atom. The number of aliphatic imine (C=N–C) groups is 1. The van der Waals surface area contributed by atoms with E-state index in [1.807, 2.05) is 4.57 Å². The quantitative estimate of drug-likeness (QED) is 0.559. The lowest BCUT2D eigenvalue weighted by atomic mass is 9.97. The van der Waals surface area contributed by atoms with Crippen molar-refractivity contribution in [2.45, 2.75) is 39.2 Å². The van der Waals surface area contributed by atoms with Gasteiger partial charge in [0.1, 0.15) is 28.5 Å². The minimum Gasteiger partial charge on any atom is -0.273 e. The highest BCUT2D eigenvalue weighted by Crippen LogP contribution is 2.45. The first kappa shape index (κ1) is 18.5. The summed E-state index contributed by atoms with van der Waals surface area (Å²) >= 11 is 1.36. The summed E-state index contributed by atoms with van der Waals surface area (Å²) < 4.78 is 58.0. The second-order valence-electron chi connectivity index (χ2n) is 7.38. The van der Waals surface area contributed by atoms with Gasteiger partial charge in [-0.1, -0.05) is 6.07 Å². The number of nitrogens with zero attached hydrogens (tertiary/aromatic N) is 4. The van der Waals surface area contributed by atoms with Crippen molar-refractivity contribution in [2.24, 2.45) is 10.9 Å². The van der Waals surface area contributed by atoms with E-state index in [2.05, 4.69) is 15.2 Å². The predicted octanol–water partition coefficient (Wildman–Crippen LogP) is 4.81. The molecule has 0 saturated carbocycles. The van der Waals surface area contributed by atoms with Crippen molar-refractivity contribution in [2.75, 3.05) is 0 Å². The van der Waals surface area contributed by atoms with Crippen molar-refractivity contribution < 1.29 is 17.6 Å². The van der Waals surface area contributed by atoms with Crippen molar-refractivity contribution in [3.05, 3.63) is 63.0 Å². The molecule has 5 rings (SSSR count). The number of aryl methyl sites for hydroxylation is 1. The van der Waals surface area contributed by atoms with Crippen LogP contribution in [-0.2, 0) is 12.8 Å². The fourth-order valence-electron chi connectivity index (χ4n) is 4.16. The van der Waals surface area contributed by atoms with Crippen LogP contribution < -0.4 is 0 Å². The molecule has 0 bridgehead atoms. The Bertz CT molecular complexity index is 1140. The molecule has 0 N–H and O–H groups in total. The van der Waals surface area contributed by atoms with Gasteiger partial charge in [-0.2, -0.15) is 0 Å². The zero-order valence-corrected chi connectivity index (χ0v) is 16.4. The van der Waals surface area contributed by atoms with Crippen LogP contribution in [0.3, 0.4) is 0 Å². The maximum absolute atomic E-state index is 14.7. The molecule has 1 aromatic carbocycles. The van der Waals surface area contributed by atoms with Crippen molar-refractivity contribution >= 4 is 17.0 Å². The molecule has 3 heterocycles. The molecule has 3 aromatic rings. The fourth-order valence-corrected chi connectivity index (χ4v) is 5.64. The molecule has 0 amide bonds. The third-order valence-corrected chi connectivity index (χ3v) is 6.77. The number of fused-ring (bicyclic) bond motifs is 5. The number of thiophene rings is 1. The van der Waals surface area contributed by atoms with Crippen LogP contribution in [0.1, 0.15) is 46.2 Å². The zero-order chi connectivity index (χ0) is 20.4. The van der Waals surface area contributed by atoms with Gasteiger partial charge in [-0.05, 0) is 44.4 Å². The minimum atomic E-state index is -2.45. The number of rotatable bonds is 2. The molecule has 9 heteroatoms. The maximum atomic E-state index is 14.7. The van der Waals surface area contributed by atoms with E-state index in [0.717, 1.165) is 4.88 Å². The fraction of sp³-hybridized carbons (Fsp3) is 0.350. The summed E-state index contributed by atoms with van der Waals surface area (Å²) in [4.78, 5) is 5.42. The standard InChI is InChI=1S/C20H16F4N4S/c1-8-19-27-26-9(2)28(19)20-15(11-6-10(18(23)24)7-14(11)29-20)17(25-8)16-12(21)4-3-5-13(16)22/h3-5,8,10,18H,6-7H2,1-2H3/t8-,10+/m0/s1. The van der Waals surface area contributed by atoms with Gasteiger partial charge in [-0.15, -0.1) is 21.5 Å². The average molecular weight is 420 g/mol. The zero-order valence-electron chi connectivity index (χ0n) is 15.6. The Hall–Kier alpha value is -2.55. The van der Waals surface area contributed by atoms with Gasteiger partial charge in [0.05, 0.1) is 11.3 Å². The predicted molar refractivity (Wildman–Crippen MR) is 101 cm³/mol. The van der Waals surface area contributed by atoms with E-state index in [-0.39, 0.29) is 24.1 Å². The largest absolute Gasteiger partial charge is 0.273 e. The van der Waals surface area contributed by atoms with E-state index in [9.17, 15) is 17.6 Å². The molecule has 2 atom stereocenters. The Balaban J connectivity index is 1.82. The van der Waals surface area contributed by atoms with Crippen molar-refractivity contribution in [1.29, 1.82) is 0 Å². The molecule has 0 unspecified atom stereocenters. The molecule has 0 fully saturated rings. The van der Waals surface area contributed by atoms with Gasteiger partial charge >= 0.3 is 0 Å². The lowest BCUT2D eigenvalue weighted by Crippen LogP contribution is -2.15. The normalized spacial score (nSPS) is 20.3. The summed E-state index contributed by atoms with van der Waals surface area (Å²) in [6.07, 6.45) is -2.06. The molecule has 0 saturated heterocycles. The highest BCUT2D eigenvalue weighted by molar-refractivity contribution is 7.15. The van der Waals surface area contributed by atoms with Gasteiger partial charge in [0, 0.05) is 16.4 Å². The van der Waals surface area contributed by atoms with Crippen LogP contribution in [0.5, 0.6) is 0 Å². The first-order valence-corrected chi connectivity index (χ1v) is 10.1. The van der Waals surface area contributed by atoms with E-state index in [1.165, 1.54) is 29.5 Å². The number of alkyl halides is 2. The average Bonchev–Trinajstić information content (AvgIpc) is 3.30. The van der Waals surface area contributed by atoms with Crippen LogP contribution in [0.2, 0.25) is 0 Å². The Kier molecular flexibility index (Phi) is 4.13. The first-order chi connectivity index (χ1) is 13.9. The smallest absolute Gasteiger partial charge is 0.242 e. The summed E-state index contributed by atoms with van der Waals surface area (Å²) in [5.41, 5.74) is 1.13. The summed E-state index contributed by atoms with van der Waals surface area (Å²) in [7, 11) is 0. The number of hydrogen-bond donors (Lipinski definition) is 0. The lowest BCUT2D eigenvalue weighted by Gasteiger charge is -2.13. The molecule has 0 spiro atoms. The third kappa shape index (κ3) is 2.67. The molecule has 29 heavy (non-hydrogen) atoms. The second-order valence-corrected chi connectivity index (χ2v) is 8.46. The number of hydrogen-bond acceptors (Lipinski definition) is 4. The van der Waals surface area contributed by atoms with Crippen LogP contribution in [0.4, 0.5) is 17.6 Å². The topological polar surface area (TPSA) is 43.1 Å². The maximum Gasteiger partial charge on any atom is 0.242 e. The molecule has 2 aliphatic rings. The molecule has 2 aromatic heterocycles. The van der Waals surface area contributed by atoms with Crippen LogP contribution in [0.15, 0.2) is 23.2 Å². The van der Waals surface area contributed by atoms with Crippen LogP contribution in [-0.4, -0.2) is 26.9 Å². The Labute approximate surface area is 167 Å². The van der Waals surface area contributed by atoms with E-state index < -0.39 is 30.0 Å². The second kappa shape index (κ2) is 6.48. The van der Waals surface area contributed by atoms with Crippen LogP contribution in [0, 0.1) is 24.5 Å². The van der Waals surface area contributed by atoms with Gasteiger partial charge in [-0.3, -0.25) is 9.56 Å². The van der Waals surface area contributed by atoms with Gasteiger partial charge in [-0.25, -0.2) is 17.6 Å². The lowest BCUT2D eigenvalue weighted by molar-refractivity contribution is 0.0826. The van der Waals surface area contributed by atoms with Crippen LogP contribution in [0.25, 0.3) is 5.00 Å². The van der Waals surface area contributed by atoms with E-state index in [0.29, 0.717) is 27.8 Å². The van der Waals surface area contributed by atoms with E-state index in [4.69, 9.17) is 0 Å². The molecular formula is C20H16F4N4S. The van der Waals surface area contributed by atoms with E-state index in [1.54, 1.807) is 13.8 Å². The van der Waals surface area contributed by atoms with Gasteiger partial charge in [0.25, 0.3) is 0 Å². The first-order valence-electron chi connectivity index (χ1n) is 9.24. The molecule has 1 aliphatic heterocycles. The number of aromatic nitrogens is 3. The third-order valence-electron chi connectivity index (χ3n) is 5.53. The molecule has 150 valence electrons. The van der Waals surface area contributed by atoms with Gasteiger partial charge < -0.3 is 0 Å². The van der Waals surface area contributed by atoms with Gasteiger partial charge in [0.2, 0.25) is 6.43 Å². The summed E-state index contributed by atoms with van der Waals surface area (Å²) in [5.74, 6) is -1.10. The molecule has 1 aliphatic carbocycles. The van der Waals surface area contributed by atoms with Crippen molar-refractivity contribution in [3.8, 4) is 5.00 Å². The SMILES string of the molecule is Cc1nnc2n1-c1sc3c(c1C(c1c(F)cccc1F)=N[C@H]2C)C[C@@H](C(F)F)C3. The number of halogens is 4. The Morgan fingerprint density at radius 1 is 1.10 bits per heavy atom. The summed E-state index contributed by atoms with van der Waals surface area (Å²) in [5, 5.41) is 9.02. The molecule has 0 radical (unpaired) electrons. The van der Waals surface area contributed by atoms with Gasteiger partial charge in [0.15, 0.2) is 5.82 Å². The highest BCUT2D eigenvalue weighted by atomic mass is 32.1.